The third-order valence-electron chi connectivity index (χ3n) is 2.09. The quantitative estimate of drug-likeness (QED) is 0.371. The second kappa shape index (κ2) is 3.33. The second-order valence-electron chi connectivity index (χ2n) is 3.19. The lowest BCUT2D eigenvalue weighted by Gasteiger charge is -1.94. The van der Waals surface area contributed by atoms with E-state index in [9.17, 15) is 10.4 Å². The van der Waals surface area contributed by atoms with Crippen LogP contribution in [0, 0.1) is 10.4 Å². The third-order valence-corrected chi connectivity index (χ3v) is 2.09. The largest absolute Gasteiger partial charge is 0.588 e. The summed E-state index contributed by atoms with van der Waals surface area (Å²) >= 11 is 0. The van der Waals surface area contributed by atoms with Gasteiger partial charge in [-0.2, -0.15) is 0 Å². The molecule has 9 heteroatoms. The molecule has 9 nitrogen and oxygen atoms in total. The van der Waals surface area contributed by atoms with Crippen LogP contribution in [0.5, 0.6) is 0 Å². The Kier molecular flexibility index (Phi) is 1.84. The highest BCUT2D eigenvalue weighted by molar-refractivity contribution is 5.58. The highest BCUT2D eigenvalue weighted by Crippen LogP contribution is 2.05. The van der Waals surface area contributed by atoms with Crippen LogP contribution in [-0.2, 0) is 0 Å². The summed E-state index contributed by atoms with van der Waals surface area (Å²) in [5.41, 5.74) is 0.484. The zero-order chi connectivity index (χ0) is 11.8. The maximum atomic E-state index is 11.3. The number of nitrogens with zero attached hydrogens (tertiary/aromatic N) is 7. The Morgan fingerprint density at radius 3 is 2.59 bits per heavy atom. The molecule has 0 aliphatic heterocycles. The standard InChI is InChI=1S/C8H5N7O2/c16-14-8-7(10-15(17)12-14)9-13(11-8)6-4-2-1-3-5-6/h1-5H. The smallest absolute Gasteiger partial charge is 0.417 e. The van der Waals surface area contributed by atoms with Crippen molar-refractivity contribution < 1.29 is 9.80 Å². The van der Waals surface area contributed by atoms with Crippen molar-refractivity contribution in [3.05, 3.63) is 40.7 Å². The molecule has 3 aromatic rings. The van der Waals surface area contributed by atoms with E-state index in [-0.39, 0.29) is 21.1 Å². The van der Waals surface area contributed by atoms with Crippen LogP contribution in [0.2, 0.25) is 0 Å². The minimum atomic E-state index is -0.110. The Morgan fingerprint density at radius 1 is 1.06 bits per heavy atom. The highest BCUT2D eigenvalue weighted by atomic mass is 16.6. The molecule has 1 aromatic carbocycles. The first kappa shape index (κ1) is 9.39. The van der Waals surface area contributed by atoms with Crippen molar-refractivity contribution in [3.8, 4) is 5.69 Å². The van der Waals surface area contributed by atoms with Gasteiger partial charge in [0.15, 0.2) is 0 Å². The first-order valence-electron chi connectivity index (χ1n) is 4.64. The molecule has 0 saturated carbocycles. The number of hydrogen-bond acceptors (Lipinski definition) is 6. The molecule has 0 bridgehead atoms. The molecule has 3 rings (SSSR count). The van der Waals surface area contributed by atoms with E-state index in [4.69, 9.17) is 0 Å². The summed E-state index contributed by atoms with van der Waals surface area (Å²) < 4.78 is 0. The fourth-order valence-corrected chi connectivity index (χ4v) is 1.37. The summed E-state index contributed by atoms with van der Waals surface area (Å²) in [6.45, 7) is 0. The summed E-state index contributed by atoms with van der Waals surface area (Å²) in [4.78, 5) is 1.20. The van der Waals surface area contributed by atoms with Gasteiger partial charge in [0, 0.05) is 4.85 Å². The van der Waals surface area contributed by atoms with Crippen LogP contribution in [0.3, 0.4) is 0 Å². The van der Waals surface area contributed by atoms with E-state index in [0.29, 0.717) is 5.69 Å². The first-order chi connectivity index (χ1) is 8.24. The van der Waals surface area contributed by atoms with Crippen molar-refractivity contribution in [2.24, 2.45) is 0 Å². The Labute approximate surface area is 93.7 Å². The van der Waals surface area contributed by atoms with Crippen molar-refractivity contribution >= 4 is 11.3 Å². The molecule has 0 spiro atoms. The van der Waals surface area contributed by atoms with Gasteiger partial charge in [0.05, 0.1) is 10.8 Å². The molecule has 0 aliphatic rings. The van der Waals surface area contributed by atoms with Crippen LogP contribution in [0.4, 0.5) is 0 Å². The number of aromatic nitrogens is 7. The van der Waals surface area contributed by atoms with E-state index >= 15 is 0 Å². The Hall–Kier alpha value is -2.84. The van der Waals surface area contributed by atoms with Crippen molar-refractivity contribution in [1.82, 2.24) is 25.3 Å². The van der Waals surface area contributed by atoms with Gasteiger partial charge >= 0.3 is 16.5 Å². The molecule has 0 N–H and O–H groups in total. The maximum absolute atomic E-state index is 11.3. The van der Waals surface area contributed by atoms with Crippen molar-refractivity contribution in [2.75, 3.05) is 0 Å². The molecule has 2 aromatic heterocycles. The molecule has 0 amide bonds. The van der Waals surface area contributed by atoms with Crippen molar-refractivity contribution in [1.29, 1.82) is 0 Å². The van der Waals surface area contributed by atoms with Gasteiger partial charge in [-0.1, -0.05) is 23.3 Å². The van der Waals surface area contributed by atoms with E-state index in [1.165, 1.54) is 4.80 Å². The van der Waals surface area contributed by atoms with Crippen LogP contribution < -0.4 is 9.80 Å². The third kappa shape index (κ3) is 1.49. The topological polar surface area (TPSA) is 110 Å². The van der Waals surface area contributed by atoms with Crippen LogP contribution >= 0.6 is 0 Å². The lowest BCUT2D eigenvalue weighted by Crippen LogP contribution is -2.50. The summed E-state index contributed by atoms with van der Waals surface area (Å²) in [5, 5.41) is 36.4. The molecule has 0 unspecified atom stereocenters. The second-order valence-corrected chi connectivity index (χ2v) is 3.19. The van der Waals surface area contributed by atoms with Gasteiger partial charge in [-0.3, -0.25) is 0 Å². The van der Waals surface area contributed by atoms with Crippen LogP contribution in [0.1, 0.15) is 0 Å². The number of hydrogen-bond donors (Lipinski definition) is 0. The number of benzene rings is 1. The fourth-order valence-electron chi connectivity index (χ4n) is 1.37. The van der Waals surface area contributed by atoms with E-state index in [2.05, 4.69) is 20.5 Å². The fraction of sp³-hybridized carbons (Fsp3) is 0. The van der Waals surface area contributed by atoms with E-state index < -0.39 is 0 Å². The lowest BCUT2D eigenvalue weighted by molar-refractivity contribution is -0.864. The summed E-state index contributed by atoms with van der Waals surface area (Å²) in [5.74, 6) is 0. The van der Waals surface area contributed by atoms with E-state index in [1.54, 1.807) is 24.3 Å². The molecule has 2 heterocycles. The molecule has 84 valence electrons. The minimum Gasteiger partial charge on any atom is -0.588 e. The van der Waals surface area contributed by atoms with Crippen molar-refractivity contribution in [3.63, 3.8) is 0 Å². The lowest BCUT2D eigenvalue weighted by atomic mass is 10.3. The zero-order valence-electron chi connectivity index (χ0n) is 8.33. The van der Waals surface area contributed by atoms with Gasteiger partial charge in [0.1, 0.15) is 4.96 Å². The highest BCUT2D eigenvalue weighted by Gasteiger charge is 2.20. The number of rotatable bonds is 1. The monoisotopic (exact) mass is 231 g/mol. The molecule has 0 fully saturated rings. The van der Waals surface area contributed by atoms with Gasteiger partial charge < -0.3 is 10.4 Å². The van der Waals surface area contributed by atoms with Crippen molar-refractivity contribution in [2.45, 2.75) is 0 Å². The molecular weight excluding hydrogens is 226 g/mol. The van der Waals surface area contributed by atoms with E-state index in [1.807, 2.05) is 6.07 Å². The first-order valence-corrected chi connectivity index (χ1v) is 4.64. The molecular formula is C8H5N7O2. The summed E-state index contributed by atoms with van der Waals surface area (Å²) in [6.07, 6.45) is 0. The Bertz CT molecular complexity index is 681. The van der Waals surface area contributed by atoms with Crippen LogP contribution in [0.25, 0.3) is 17.0 Å². The van der Waals surface area contributed by atoms with E-state index in [0.717, 1.165) is 0 Å². The van der Waals surface area contributed by atoms with Gasteiger partial charge in [-0.05, 0) is 12.1 Å². The van der Waals surface area contributed by atoms with Gasteiger partial charge in [0.2, 0.25) is 0 Å². The Morgan fingerprint density at radius 2 is 1.82 bits per heavy atom. The molecule has 0 atom stereocenters. The zero-order valence-corrected chi connectivity index (χ0v) is 8.33. The average molecular weight is 231 g/mol. The van der Waals surface area contributed by atoms with Crippen LogP contribution in [-0.4, -0.2) is 25.3 Å². The normalized spacial score (nSPS) is 10.8. The molecule has 17 heavy (non-hydrogen) atoms. The average Bonchev–Trinajstić information content (AvgIpc) is 2.74. The number of para-hydroxylation sites is 1. The number of fused-ring (bicyclic) bond motifs is 1. The molecule has 0 saturated heterocycles. The van der Waals surface area contributed by atoms with Crippen LogP contribution in [0.15, 0.2) is 30.3 Å². The SMILES string of the molecule is [O-][n+]1nc2nn(-c3ccccc3)nc2[n+]([O-])n1. The Balaban J connectivity index is 2.24. The molecule has 0 aliphatic carbocycles. The predicted octanol–water partition coefficient (Wildman–Crippen LogP) is -1.52. The van der Waals surface area contributed by atoms with Gasteiger partial charge in [-0.25, -0.2) is 0 Å². The summed E-state index contributed by atoms with van der Waals surface area (Å²) in [7, 11) is 0. The maximum Gasteiger partial charge on any atom is 0.417 e. The molecule has 0 radical (unpaired) electrons. The predicted molar refractivity (Wildman–Crippen MR) is 52.4 cm³/mol. The summed E-state index contributed by atoms with van der Waals surface area (Å²) in [6, 6.07) is 8.95. The minimum absolute atomic E-state index is 0.0612. The van der Waals surface area contributed by atoms with Gasteiger partial charge in [0.25, 0.3) is 0 Å². The van der Waals surface area contributed by atoms with Gasteiger partial charge in [-0.15, -0.1) is 9.90 Å².